The highest BCUT2D eigenvalue weighted by Crippen LogP contribution is 2.25. The largest absolute Gasteiger partial charge is 0.493 e. The van der Waals surface area contributed by atoms with E-state index < -0.39 is 0 Å². The van der Waals surface area contributed by atoms with Gasteiger partial charge < -0.3 is 19.7 Å². The van der Waals surface area contributed by atoms with Crippen molar-refractivity contribution in [1.82, 2.24) is 10.2 Å². The van der Waals surface area contributed by atoms with Crippen molar-refractivity contribution in [3.05, 3.63) is 58.6 Å². The van der Waals surface area contributed by atoms with E-state index in [1.54, 1.807) is 19.2 Å². The lowest BCUT2D eigenvalue weighted by molar-refractivity contribution is -0.124. The van der Waals surface area contributed by atoms with Gasteiger partial charge in [0.05, 0.1) is 7.11 Å². The van der Waals surface area contributed by atoms with Gasteiger partial charge in [-0.3, -0.25) is 9.59 Å². The minimum Gasteiger partial charge on any atom is -0.493 e. The molecule has 2 aromatic rings. The van der Waals surface area contributed by atoms with E-state index in [9.17, 15) is 9.59 Å². The number of likely N-dealkylation sites (tertiary alicyclic amines) is 1. The predicted octanol–water partition coefficient (Wildman–Crippen LogP) is 3.26. The molecule has 0 bridgehead atoms. The molecule has 0 aliphatic carbocycles. The maximum Gasteiger partial charge on any atom is 0.258 e. The molecule has 0 atom stereocenters. The first-order valence-corrected chi connectivity index (χ1v) is 9.96. The number of nitrogens with zero attached hydrogens (tertiary/aromatic N) is 1. The fourth-order valence-electron chi connectivity index (χ4n) is 3.18. The van der Waals surface area contributed by atoms with Crippen molar-refractivity contribution in [2.45, 2.75) is 18.9 Å². The average Bonchev–Trinajstić information content (AvgIpc) is 2.72. The maximum atomic E-state index is 12.6. The van der Waals surface area contributed by atoms with Crippen LogP contribution in [-0.2, 0) is 4.79 Å². The molecule has 0 aromatic heterocycles. The van der Waals surface area contributed by atoms with Crippen molar-refractivity contribution >= 4 is 27.7 Å². The third-order valence-corrected chi connectivity index (χ3v) is 5.14. The number of rotatable bonds is 6. The van der Waals surface area contributed by atoms with E-state index in [1.807, 2.05) is 41.3 Å². The number of ether oxygens (including phenoxy) is 2. The highest BCUT2D eigenvalue weighted by atomic mass is 79.9. The summed E-state index contributed by atoms with van der Waals surface area (Å²) < 4.78 is 11.6. The Morgan fingerprint density at radius 3 is 2.50 bits per heavy atom. The summed E-state index contributed by atoms with van der Waals surface area (Å²) in [5.74, 6) is 0.970. The van der Waals surface area contributed by atoms with E-state index in [0.29, 0.717) is 30.2 Å². The normalized spacial score (nSPS) is 14.4. The van der Waals surface area contributed by atoms with Crippen LogP contribution in [0.25, 0.3) is 0 Å². The monoisotopic (exact) mass is 446 g/mol. The number of carbonyl (C=O) groups is 2. The van der Waals surface area contributed by atoms with Gasteiger partial charge in [0.2, 0.25) is 0 Å². The van der Waals surface area contributed by atoms with Gasteiger partial charge in [0, 0.05) is 29.2 Å². The average molecular weight is 447 g/mol. The van der Waals surface area contributed by atoms with Crippen LogP contribution in [0.2, 0.25) is 0 Å². The van der Waals surface area contributed by atoms with E-state index in [0.717, 1.165) is 17.3 Å². The second-order valence-electron chi connectivity index (χ2n) is 6.58. The van der Waals surface area contributed by atoms with Crippen molar-refractivity contribution in [3.8, 4) is 11.5 Å². The number of methoxy groups -OCH3 is 1. The highest BCUT2D eigenvalue weighted by Gasteiger charge is 2.24. The Labute approximate surface area is 172 Å². The summed E-state index contributed by atoms with van der Waals surface area (Å²) in [6, 6.07) is 14.6. The lowest BCUT2D eigenvalue weighted by Crippen LogP contribution is -2.47. The molecule has 1 saturated heterocycles. The number of hydrogen-bond donors (Lipinski definition) is 1. The van der Waals surface area contributed by atoms with Crippen molar-refractivity contribution in [3.63, 3.8) is 0 Å². The minimum atomic E-state index is -0.178. The lowest BCUT2D eigenvalue weighted by atomic mass is 10.0. The molecular formula is C21H23BrN2O4. The highest BCUT2D eigenvalue weighted by molar-refractivity contribution is 9.10. The molecule has 0 saturated carbocycles. The summed E-state index contributed by atoms with van der Waals surface area (Å²) in [5, 5.41) is 2.98. The second-order valence-corrected chi connectivity index (χ2v) is 7.50. The van der Waals surface area contributed by atoms with Crippen LogP contribution in [0.15, 0.2) is 53.0 Å². The smallest absolute Gasteiger partial charge is 0.258 e. The molecule has 1 N–H and O–H groups in total. The summed E-state index contributed by atoms with van der Waals surface area (Å²) in [6.07, 6.45) is 1.44. The molecule has 1 heterocycles. The Bertz CT molecular complexity index is 835. The van der Waals surface area contributed by atoms with Crippen molar-refractivity contribution in [2.75, 3.05) is 26.8 Å². The van der Waals surface area contributed by atoms with Crippen molar-refractivity contribution < 1.29 is 19.1 Å². The van der Waals surface area contributed by atoms with E-state index in [2.05, 4.69) is 21.2 Å². The number of carbonyl (C=O) groups excluding carboxylic acids is 2. The summed E-state index contributed by atoms with van der Waals surface area (Å²) in [6.45, 7) is 1.16. The van der Waals surface area contributed by atoms with Gasteiger partial charge in [0.15, 0.2) is 18.1 Å². The molecule has 28 heavy (non-hydrogen) atoms. The first kappa shape index (κ1) is 20.2. The van der Waals surface area contributed by atoms with Crippen molar-refractivity contribution in [1.29, 1.82) is 0 Å². The number of halogens is 1. The van der Waals surface area contributed by atoms with Gasteiger partial charge >= 0.3 is 0 Å². The minimum absolute atomic E-state index is 0.0191. The van der Waals surface area contributed by atoms with E-state index in [1.165, 1.54) is 0 Å². The standard InChI is InChI=1S/C21H23BrN2O4/c1-27-18-7-2-3-8-19(18)28-14-20(25)23-17-9-11-24(12-10-17)21(26)15-5-4-6-16(22)13-15/h2-8,13,17H,9-12,14H2,1H3,(H,23,25). The van der Waals surface area contributed by atoms with Crippen LogP contribution in [0.1, 0.15) is 23.2 Å². The Morgan fingerprint density at radius 1 is 1.11 bits per heavy atom. The summed E-state index contributed by atoms with van der Waals surface area (Å²) in [7, 11) is 1.56. The molecule has 7 heteroatoms. The Morgan fingerprint density at radius 2 is 1.82 bits per heavy atom. The molecule has 6 nitrogen and oxygen atoms in total. The van der Waals surface area contributed by atoms with E-state index in [4.69, 9.17) is 9.47 Å². The molecule has 2 amide bonds. The fourth-order valence-corrected chi connectivity index (χ4v) is 3.58. The number of benzene rings is 2. The van der Waals surface area contributed by atoms with Gasteiger partial charge in [0.25, 0.3) is 11.8 Å². The molecule has 2 aromatic carbocycles. The third kappa shape index (κ3) is 5.25. The molecule has 1 fully saturated rings. The lowest BCUT2D eigenvalue weighted by Gasteiger charge is -2.32. The Balaban J connectivity index is 1.45. The molecule has 0 radical (unpaired) electrons. The molecule has 1 aliphatic rings. The molecule has 3 rings (SSSR count). The SMILES string of the molecule is COc1ccccc1OCC(=O)NC1CCN(C(=O)c2cccc(Br)c2)CC1. The van der Waals surface area contributed by atoms with Gasteiger partial charge in [-0.05, 0) is 43.2 Å². The zero-order valence-electron chi connectivity index (χ0n) is 15.7. The van der Waals surface area contributed by atoms with Crippen LogP contribution in [0, 0.1) is 0 Å². The quantitative estimate of drug-likeness (QED) is 0.739. The number of piperidine rings is 1. The fraction of sp³-hybridized carbons (Fsp3) is 0.333. The Hall–Kier alpha value is -2.54. The number of nitrogens with one attached hydrogen (secondary N) is 1. The molecular weight excluding hydrogens is 424 g/mol. The zero-order valence-corrected chi connectivity index (χ0v) is 17.3. The maximum absolute atomic E-state index is 12.6. The van der Waals surface area contributed by atoms with E-state index in [-0.39, 0.29) is 24.5 Å². The van der Waals surface area contributed by atoms with Crippen LogP contribution in [0.3, 0.4) is 0 Å². The predicted molar refractivity (Wildman–Crippen MR) is 110 cm³/mol. The van der Waals surface area contributed by atoms with Gasteiger partial charge in [-0.25, -0.2) is 0 Å². The van der Waals surface area contributed by atoms with Gasteiger partial charge in [-0.15, -0.1) is 0 Å². The van der Waals surface area contributed by atoms with Crippen LogP contribution < -0.4 is 14.8 Å². The van der Waals surface area contributed by atoms with Crippen LogP contribution in [-0.4, -0.2) is 49.6 Å². The number of hydrogen-bond acceptors (Lipinski definition) is 4. The van der Waals surface area contributed by atoms with Gasteiger partial charge in [-0.2, -0.15) is 0 Å². The number of para-hydroxylation sites is 2. The second kappa shape index (κ2) is 9.59. The van der Waals surface area contributed by atoms with Crippen LogP contribution in [0.4, 0.5) is 0 Å². The molecule has 1 aliphatic heterocycles. The van der Waals surface area contributed by atoms with Crippen LogP contribution >= 0.6 is 15.9 Å². The van der Waals surface area contributed by atoms with Crippen molar-refractivity contribution in [2.24, 2.45) is 0 Å². The third-order valence-electron chi connectivity index (χ3n) is 4.65. The summed E-state index contributed by atoms with van der Waals surface area (Å²) in [5.41, 5.74) is 0.669. The Kier molecular flexibility index (Phi) is 6.92. The molecule has 0 spiro atoms. The molecule has 148 valence electrons. The van der Waals surface area contributed by atoms with E-state index >= 15 is 0 Å². The van der Waals surface area contributed by atoms with Gasteiger partial charge in [-0.1, -0.05) is 34.1 Å². The topological polar surface area (TPSA) is 67.9 Å². The first-order chi connectivity index (χ1) is 13.6. The first-order valence-electron chi connectivity index (χ1n) is 9.17. The number of amides is 2. The zero-order chi connectivity index (χ0) is 19.9. The summed E-state index contributed by atoms with van der Waals surface area (Å²) >= 11 is 3.39. The summed E-state index contributed by atoms with van der Waals surface area (Å²) in [4.78, 5) is 26.6. The van der Waals surface area contributed by atoms with Gasteiger partial charge in [0.1, 0.15) is 0 Å². The molecule has 0 unspecified atom stereocenters. The van der Waals surface area contributed by atoms with Crippen LogP contribution in [0.5, 0.6) is 11.5 Å².